The van der Waals surface area contributed by atoms with Gasteiger partial charge in [-0.1, -0.05) is 30.9 Å². The molecule has 0 spiro atoms. The van der Waals surface area contributed by atoms with E-state index >= 15 is 0 Å². The van der Waals surface area contributed by atoms with Crippen LogP contribution in [0.3, 0.4) is 0 Å². The lowest BCUT2D eigenvalue weighted by molar-refractivity contribution is 0.593. The fraction of sp³-hybridized carbons (Fsp3) is 0.188. The second kappa shape index (κ2) is 5.00. The largest absolute Gasteiger partial charge is 0.311 e. The lowest BCUT2D eigenvalue weighted by Crippen LogP contribution is -2.24. The van der Waals surface area contributed by atoms with Gasteiger partial charge in [-0.2, -0.15) is 0 Å². The number of nitrogens with zero attached hydrogens (tertiary/aromatic N) is 1. The Morgan fingerprint density at radius 1 is 1.19 bits per heavy atom. The van der Waals surface area contributed by atoms with E-state index in [2.05, 4.69) is 6.58 Å². The molecule has 0 radical (unpaired) electrons. The Bertz CT molecular complexity index is 864. The maximum atomic E-state index is 12.8. The third kappa shape index (κ3) is 2.14. The molecule has 0 N–H and O–H groups in total. The summed E-state index contributed by atoms with van der Waals surface area (Å²) in [6.07, 6.45) is 2.80. The summed E-state index contributed by atoms with van der Waals surface area (Å²) in [4.78, 5) is 12.7. The first-order valence-corrected chi connectivity index (χ1v) is 8.23. The minimum absolute atomic E-state index is 0.162. The molecule has 108 valence electrons. The third-order valence-electron chi connectivity index (χ3n) is 3.75. The van der Waals surface area contributed by atoms with Crippen LogP contribution in [0.15, 0.2) is 57.6 Å². The minimum atomic E-state index is -3.62. The van der Waals surface area contributed by atoms with Gasteiger partial charge in [-0.25, -0.2) is 8.42 Å². The molecule has 5 heteroatoms. The second-order valence-corrected chi connectivity index (χ2v) is 6.91. The summed E-state index contributed by atoms with van der Waals surface area (Å²) in [5.74, 6) is 0. The predicted octanol–water partition coefficient (Wildman–Crippen LogP) is 2.27. The SMILES string of the molecule is C=Cc1cc(S(=O)(=O)c2ccccc2)c2n(c1=O)CCC2. The normalized spacial score (nSPS) is 13.9. The van der Waals surface area contributed by atoms with Crippen molar-refractivity contribution < 1.29 is 8.42 Å². The van der Waals surface area contributed by atoms with E-state index < -0.39 is 9.84 Å². The molecule has 21 heavy (non-hydrogen) atoms. The molecule has 0 amide bonds. The predicted molar refractivity (Wildman–Crippen MR) is 81.0 cm³/mol. The molecule has 0 bridgehead atoms. The molecule has 4 nitrogen and oxygen atoms in total. The summed E-state index contributed by atoms with van der Waals surface area (Å²) in [5.41, 5.74) is 0.772. The van der Waals surface area contributed by atoms with Crippen molar-refractivity contribution in [2.75, 3.05) is 0 Å². The number of aromatic nitrogens is 1. The van der Waals surface area contributed by atoms with Crippen molar-refractivity contribution >= 4 is 15.9 Å². The summed E-state index contributed by atoms with van der Waals surface area (Å²) in [7, 11) is -3.62. The van der Waals surface area contributed by atoms with Crippen molar-refractivity contribution in [1.82, 2.24) is 4.57 Å². The van der Waals surface area contributed by atoms with Gasteiger partial charge in [0.2, 0.25) is 9.84 Å². The molecule has 0 saturated heterocycles. The van der Waals surface area contributed by atoms with E-state index in [0.29, 0.717) is 24.2 Å². The standard InChI is InChI=1S/C16H15NO3S/c1-2-12-11-15(14-9-6-10-17(14)16(12)18)21(19,20)13-7-4-3-5-8-13/h2-5,7-8,11H,1,6,9-10H2. The Morgan fingerprint density at radius 3 is 2.57 bits per heavy atom. The first-order valence-electron chi connectivity index (χ1n) is 6.75. The number of hydrogen-bond acceptors (Lipinski definition) is 3. The van der Waals surface area contributed by atoms with Gasteiger partial charge in [0, 0.05) is 17.8 Å². The molecule has 1 aromatic heterocycles. The third-order valence-corrected chi connectivity index (χ3v) is 5.57. The van der Waals surface area contributed by atoms with Gasteiger partial charge in [0.15, 0.2) is 0 Å². The van der Waals surface area contributed by atoms with E-state index in [9.17, 15) is 13.2 Å². The Labute approximate surface area is 123 Å². The van der Waals surface area contributed by atoms with E-state index in [1.807, 2.05) is 0 Å². The van der Waals surface area contributed by atoms with Crippen molar-refractivity contribution in [3.05, 3.63) is 64.6 Å². The maximum absolute atomic E-state index is 12.8. The topological polar surface area (TPSA) is 56.1 Å². The molecule has 2 heterocycles. The minimum Gasteiger partial charge on any atom is -0.311 e. The first kappa shape index (κ1) is 13.8. The van der Waals surface area contributed by atoms with Crippen LogP contribution in [0.4, 0.5) is 0 Å². The Kier molecular flexibility index (Phi) is 3.29. The quantitative estimate of drug-likeness (QED) is 0.874. The summed E-state index contributed by atoms with van der Waals surface area (Å²) < 4.78 is 27.2. The summed E-state index contributed by atoms with van der Waals surface area (Å²) >= 11 is 0. The highest BCUT2D eigenvalue weighted by Crippen LogP contribution is 2.27. The highest BCUT2D eigenvalue weighted by molar-refractivity contribution is 7.91. The van der Waals surface area contributed by atoms with Crippen LogP contribution in [0.1, 0.15) is 17.7 Å². The first-order chi connectivity index (χ1) is 10.1. The molecular weight excluding hydrogens is 286 g/mol. The van der Waals surface area contributed by atoms with Gasteiger partial charge < -0.3 is 4.57 Å². The van der Waals surface area contributed by atoms with Crippen LogP contribution in [-0.2, 0) is 22.8 Å². The molecular formula is C16H15NO3S. The number of sulfone groups is 1. The second-order valence-electron chi connectivity index (χ2n) is 4.99. The lowest BCUT2D eigenvalue weighted by atomic mass is 10.2. The van der Waals surface area contributed by atoms with Gasteiger partial charge >= 0.3 is 0 Å². The molecule has 1 aromatic carbocycles. The molecule has 3 rings (SSSR count). The number of rotatable bonds is 3. The number of benzene rings is 1. The molecule has 0 saturated carbocycles. The summed E-state index contributed by atoms with van der Waals surface area (Å²) in [5, 5.41) is 0. The highest BCUT2D eigenvalue weighted by atomic mass is 32.2. The van der Waals surface area contributed by atoms with Crippen LogP contribution in [0, 0.1) is 0 Å². The Hall–Kier alpha value is -2.14. The lowest BCUT2D eigenvalue weighted by Gasteiger charge is -2.12. The average Bonchev–Trinajstić information content (AvgIpc) is 2.98. The van der Waals surface area contributed by atoms with Crippen LogP contribution in [0.2, 0.25) is 0 Å². The smallest absolute Gasteiger partial charge is 0.258 e. The Balaban J connectivity index is 2.32. The molecule has 0 aliphatic carbocycles. The van der Waals surface area contributed by atoms with Crippen molar-refractivity contribution in [2.45, 2.75) is 29.2 Å². The zero-order chi connectivity index (χ0) is 15.0. The molecule has 2 aromatic rings. The average molecular weight is 301 g/mol. The van der Waals surface area contributed by atoms with E-state index in [4.69, 9.17) is 0 Å². The van der Waals surface area contributed by atoms with E-state index in [1.54, 1.807) is 34.9 Å². The molecule has 1 aliphatic rings. The Morgan fingerprint density at radius 2 is 1.90 bits per heavy atom. The van der Waals surface area contributed by atoms with Crippen molar-refractivity contribution in [1.29, 1.82) is 0 Å². The number of fused-ring (bicyclic) bond motifs is 1. The van der Waals surface area contributed by atoms with Gasteiger partial charge in [0.1, 0.15) is 0 Å². The van der Waals surface area contributed by atoms with Crippen molar-refractivity contribution in [3.8, 4) is 0 Å². The number of hydrogen-bond donors (Lipinski definition) is 0. The maximum Gasteiger partial charge on any atom is 0.258 e. The van der Waals surface area contributed by atoms with E-state index in [-0.39, 0.29) is 15.4 Å². The number of pyridine rings is 1. The molecule has 1 aliphatic heterocycles. The monoisotopic (exact) mass is 301 g/mol. The highest BCUT2D eigenvalue weighted by Gasteiger charge is 2.27. The van der Waals surface area contributed by atoms with Gasteiger partial charge in [-0.3, -0.25) is 4.79 Å². The van der Waals surface area contributed by atoms with Gasteiger partial charge in [0.25, 0.3) is 5.56 Å². The molecule has 0 unspecified atom stereocenters. The fourth-order valence-electron chi connectivity index (χ4n) is 2.70. The zero-order valence-corrected chi connectivity index (χ0v) is 12.3. The van der Waals surface area contributed by atoms with Crippen molar-refractivity contribution in [2.24, 2.45) is 0 Å². The van der Waals surface area contributed by atoms with Crippen LogP contribution in [-0.4, -0.2) is 13.0 Å². The fourth-order valence-corrected chi connectivity index (χ4v) is 4.28. The van der Waals surface area contributed by atoms with Crippen LogP contribution < -0.4 is 5.56 Å². The van der Waals surface area contributed by atoms with Crippen molar-refractivity contribution in [3.63, 3.8) is 0 Å². The van der Waals surface area contributed by atoms with Crippen LogP contribution in [0.25, 0.3) is 6.08 Å². The summed E-state index contributed by atoms with van der Waals surface area (Å²) in [6.45, 7) is 4.17. The molecule has 0 atom stereocenters. The van der Waals surface area contributed by atoms with Gasteiger partial charge in [-0.05, 0) is 31.0 Å². The van der Waals surface area contributed by atoms with E-state index in [0.717, 1.165) is 6.42 Å². The van der Waals surface area contributed by atoms with Crippen LogP contribution >= 0.6 is 0 Å². The zero-order valence-electron chi connectivity index (χ0n) is 11.5. The summed E-state index contributed by atoms with van der Waals surface area (Å²) in [6, 6.07) is 9.75. The molecule has 0 fully saturated rings. The van der Waals surface area contributed by atoms with Gasteiger partial charge in [-0.15, -0.1) is 0 Å². The van der Waals surface area contributed by atoms with Gasteiger partial charge in [0.05, 0.1) is 9.79 Å². The van der Waals surface area contributed by atoms with Crippen LogP contribution in [0.5, 0.6) is 0 Å². The van der Waals surface area contributed by atoms with E-state index in [1.165, 1.54) is 12.1 Å².